The first-order valence-electron chi connectivity index (χ1n) is 3.20. The van der Waals surface area contributed by atoms with Crippen LogP contribution in [-0.2, 0) is 0 Å². The van der Waals surface area contributed by atoms with Gasteiger partial charge in [-0.2, -0.15) is 4.73 Å². The van der Waals surface area contributed by atoms with Gasteiger partial charge in [0.1, 0.15) is 0 Å². The molecule has 0 saturated carbocycles. The van der Waals surface area contributed by atoms with Gasteiger partial charge in [-0.15, -0.1) is 0 Å². The van der Waals surface area contributed by atoms with Gasteiger partial charge in [0.05, 0.1) is 14.2 Å². The molecule has 66 valence electrons. The van der Waals surface area contributed by atoms with E-state index in [4.69, 9.17) is 9.47 Å². The van der Waals surface area contributed by atoms with Crippen LogP contribution in [0.2, 0.25) is 0 Å². The van der Waals surface area contributed by atoms with E-state index >= 15 is 0 Å². The molecule has 0 amide bonds. The minimum absolute atomic E-state index is 0.467. The molecular weight excluding hydrogens is 273 g/mol. The van der Waals surface area contributed by atoms with Crippen molar-refractivity contribution in [1.29, 1.82) is 0 Å². The van der Waals surface area contributed by atoms with E-state index in [1.807, 2.05) is 22.6 Å². The molecule has 0 N–H and O–H groups in total. The lowest BCUT2D eigenvalue weighted by Crippen LogP contribution is -2.30. The molecule has 0 fully saturated rings. The van der Waals surface area contributed by atoms with Crippen molar-refractivity contribution in [3.63, 3.8) is 0 Å². The van der Waals surface area contributed by atoms with E-state index < -0.39 is 0 Å². The van der Waals surface area contributed by atoms with E-state index in [0.717, 1.165) is 4.73 Å². The second-order valence-corrected chi connectivity index (χ2v) is 3.06. The number of methoxy groups -OCH3 is 2. The molecule has 0 aromatic carbocycles. The number of nitrogens with zero attached hydrogens (tertiary/aromatic N) is 1. The Morgan fingerprint density at radius 2 is 2.08 bits per heavy atom. The van der Waals surface area contributed by atoms with Crippen LogP contribution in [0.25, 0.3) is 0 Å². The number of rotatable bonds is 2. The summed E-state index contributed by atoms with van der Waals surface area (Å²) < 4.78 is 11.2. The molecule has 1 aromatic rings. The number of aromatic nitrogens is 1. The zero-order valence-corrected chi connectivity index (χ0v) is 8.86. The van der Waals surface area contributed by atoms with Crippen LogP contribution >= 0.6 is 22.6 Å². The molecule has 5 heteroatoms. The fourth-order valence-electron chi connectivity index (χ4n) is 0.824. The van der Waals surface area contributed by atoms with Crippen molar-refractivity contribution in [2.75, 3.05) is 14.2 Å². The topological polar surface area (TPSA) is 45.4 Å². The summed E-state index contributed by atoms with van der Waals surface area (Å²) in [6.45, 7) is 0. The van der Waals surface area contributed by atoms with Crippen molar-refractivity contribution in [2.45, 2.75) is 0 Å². The summed E-state index contributed by atoms with van der Waals surface area (Å²) in [4.78, 5) is 0. The highest BCUT2D eigenvalue weighted by Gasteiger charge is 2.15. The average Bonchev–Trinajstić information content (AvgIpc) is 2.09. The van der Waals surface area contributed by atoms with E-state index in [0.29, 0.717) is 15.2 Å². The Labute approximate surface area is 83.8 Å². The van der Waals surface area contributed by atoms with E-state index in [9.17, 15) is 5.21 Å². The lowest BCUT2D eigenvalue weighted by atomic mass is 10.4. The van der Waals surface area contributed by atoms with Gasteiger partial charge >= 0.3 is 0 Å². The van der Waals surface area contributed by atoms with Crippen molar-refractivity contribution in [2.24, 2.45) is 0 Å². The third-order valence-corrected chi connectivity index (χ3v) is 2.36. The molecule has 0 saturated heterocycles. The van der Waals surface area contributed by atoms with Crippen LogP contribution in [0.5, 0.6) is 11.5 Å². The smallest absolute Gasteiger partial charge is 0.298 e. The van der Waals surface area contributed by atoms with Crippen LogP contribution in [0, 0.1) is 8.91 Å². The standard InChI is InChI=1S/C7H8INO3/c1-11-5-3-4-9(10)7(8)6(5)12-2/h3-4H,1-2H3. The molecule has 1 aromatic heterocycles. The normalized spacial score (nSPS) is 9.58. The lowest BCUT2D eigenvalue weighted by Gasteiger charge is -2.08. The Hall–Kier alpha value is -0.720. The van der Waals surface area contributed by atoms with E-state index in [1.54, 1.807) is 6.07 Å². The fourth-order valence-corrected chi connectivity index (χ4v) is 1.47. The molecule has 0 unspecified atom stereocenters. The average molecular weight is 281 g/mol. The van der Waals surface area contributed by atoms with Gasteiger partial charge in [-0.3, -0.25) is 0 Å². The summed E-state index contributed by atoms with van der Waals surface area (Å²) in [5, 5.41) is 11.0. The Balaban J connectivity index is 3.25. The summed E-state index contributed by atoms with van der Waals surface area (Å²) >= 11 is 1.90. The molecule has 0 atom stereocenters. The molecule has 1 heterocycles. The maximum atomic E-state index is 11.0. The largest absolute Gasteiger partial charge is 0.618 e. The number of hydrogen-bond acceptors (Lipinski definition) is 3. The molecule has 12 heavy (non-hydrogen) atoms. The van der Waals surface area contributed by atoms with Crippen molar-refractivity contribution < 1.29 is 14.2 Å². The molecule has 1 rings (SSSR count). The monoisotopic (exact) mass is 281 g/mol. The SMILES string of the molecule is COc1cc[n+]([O-])c(I)c1OC. The third-order valence-electron chi connectivity index (χ3n) is 1.39. The lowest BCUT2D eigenvalue weighted by molar-refractivity contribution is -0.619. The van der Waals surface area contributed by atoms with Gasteiger partial charge < -0.3 is 14.7 Å². The van der Waals surface area contributed by atoms with Crippen molar-refractivity contribution in [1.82, 2.24) is 0 Å². The summed E-state index contributed by atoms with van der Waals surface area (Å²) in [5.74, 6) is 1.03. The molecular formula is C7H8INO3. The van der Waals surface area contributed by atoms with Gasteiger partial charge in [0.2, 0.25) is 5.75 Å². The number of pyridine rings is 1. The highest BCUT2D eigenvalue weighted by molar-refractivity contribution is 14.1. The van der Waals surface area contributed by atoms with Gasteiger partial charge in [0, 0.05) is 28.7 Å². The Morgan fingerprint density at radius 3 is 2.58 bits per heavy atom. The van der Waals surface area contributed by atoms with Crippen molar-refractivity contribution in [3.8, 4) is 11.5 Å². The molecule has 0 aliphatic carbocycles. The van der Waals surface area contributed by atoms with Gasteiger partial charge in [0.25, 0.3) is 3.70 Å². The Bertz CT molecular complexity index is 290. The van der Waals surface area contributed by atoms with Gasteiger partial charge in [0.15, 0.2) is 11.9 Å². The first-order valence-corrected chi connectivity index (χ1v) is 4.28. The van der Waals surface area contributed by atoms with Crippen LogP contribution in [0.1, 0.15) is 0 Å². The van der Waals surface area contributed by atoms with E-state index in [2.05, 4.69) is 0 Å². The van der Waals surface area contributed by atoms with Gasteiger partial charge in [-0.1, -0.05) is 0 Å². The molecule has 0 aliphatic rings. The van der Waals surface area contributed by atoms with E-state index in [1.165, 1.54) is 20.4 Å². The third kappa shape index (κ3) is 1.55. The minimum atomic E-state index is 0.467. The zero-order valence-electron chi connectivity index (χ0n) is 6.70. The molecule has 0 radical (unpaired) electrons. The van der Waals surface area contributed by atoms with Crippen molar-refractivity contribution >= 4 is 22.6 Å². The second-order valence-electron chi connectivity index (χ2n) is 2.03. The number of halogens is 1. The Kier molecular flexibility index (Phi) is 2.96. The van der Waals surface area contributed by atoms with E-state index in [-0.39, 0.29) is 0 Å². The van der Waals surface area contributed by atoms with Crippen LogP contribution in [-0.4, -0.2) is 14.2 Å². The highest BCUT2D eigenvalue weighted by Crippen LogP contribution is 2.28. The fraction of sp³-hybridized carbons (Fsp3) is 0.286. The van der Waals surface area contributed by atoms with Crippen LogP contribution in [0.15, 0.2) is 12.3 Å². The van der Waals surface area contributed by atoms with Crippen molar-refractivity contribution in [3.05, 3.63) is 21.2 Å². The second kappa shape index (κ2) is 3.79. The maximum Gasteiger partial charge on any atom is 0.298 e. The summed E-state index contributed by atoms with van der Waals surface area (Å²) in [5.41, 5.74) is 0. The predicted molar refractivity (Wildman–Crippen MR) is 51.2 cm³/mol. The maximum absolute atomic E-state index is 11.0. The minimum Gasteiger partial charge on any atom is -0.618 e. The van der Waals surface area contributed by atoms with Gasteiger partial charge in [-0.05, 0) is 0 Å². The molecule has 0 aliphatic heterocycles. The zero-order chi connectivity index (χ0) is 9.14. The molecule has 0 spiro atoms. The summed E-state index contributed by atoms with van der Waals surface area (Å²) in [6, 6.07) is 1.56. The van der Waals surface area contributed by atoms with Crippen LogP contribution < -0.4 is 14.2 Å². The van der Waals surface area contributed by atoms with Crippen LogP contribution in [0.3, 0.4) is 0 Å². The first-order chi connectivity index (χ1) is 5.70. The quantitative estimate of drug-likeness (QED) is 0.351. The van der Waals surface area contributed by atoms with Crippen LogP contribution in [0.4, 0.5) is 0 Å². The number of ether oxygens (including phenoxy) is 2. The number of hydrogen-bond donors (Lipinski definition) is 0. The highest BCUT2D eigenvalue weighted by atomic mass is 127. The summed E-state index contributed by atoms with van der Waals surface area (Å²) in [7, 11) is 3.03. The Morgan fingerprint density at radius 1 is 1.42 bits per heavy atom. The molecule has 0 bridgehead atoms. The predicted octanol–water partition coefficient (Wildman–Crippen LogP) is 0.942. The summed E-state index contributed by atoms with van der Waals surface area (Å²) in [6.07, 6.45) is 1.38. The first kappa shape index (κ1) is 9.37. The molecule has 4 nitrogen and oxygen atoms in total. The van der Waals surface area contributed by atoms with Gasteiger partial charge in [-0.25, -0.2) is 0 Å².